The van der Waals surface area contributed by atoms with Crippen molar-refractivity contribution in [3.63, 3.8) is 0 Å². The van der Waals surface area contributed by atoms with E-state index >= 15 is 0 Å². The molecule has 0 aromatic heterocycles. The summed E-state index contributed by atoms with van der Waals surface area (Å²) in [6, 6.07) is 18.9. The zero-order valence-corrected chi connectivity index (χ0v) is 20.3. The van der Waals surface area contributed by atoms with Crippen LogP contribution in [0.4, 0.5) is 0 Å². The monoisotopic (exact) mass is 456 g/mol. The number of benzene rings is 2. The molecule has 0 aliphatic carbocycles. The average molecular weight is 456 g/mol. The quantitative estimate of drug-likeness (QED) is 0.381. The molecule has 29 heavy (non-hydrogen) atoms. The van der Waals surface area contributed by atoms with Crippen molar-refractivity contribution in [2.45, 2.75) is 52.2 Å². The molecule has 0 saturated carbocycles. The molecule has 3 atom stereocenters. The zero-order valence-electron chi connectivity index (χ0n) is 18.2. The number of esters is 1. The van der Waals surface area contributed by atoms with Gasteiger partial charge in [0.15, 0.2) is 0 Å². The zero-order chi connectivity index (χ0) is 21.4. The van der Waals surface area contributed by atoms with Gasteiger partial charge in [-0.15, -0.1) is 0 Å². The fraction of sp³-hybridized carbons (Fsp3) is 0.440. The minimum absolute atomic E-state index is 0.160. The second kappa shape index (κ2) is 10.8. The standard InChI is InChI=1S/C25H33AsO3/c1-6-29-23(27)18(2)16-22(26-24(28)25(3,4)5)17-19-12-14-21(15-13-19)20-10-8-7-9-11-20/h7-15,18,22,26H,6,16-17H2,1-5H3/t18-,22+/m1/s1. The molecule has 2 aromatic rings. The Balaban J connectivity index is 2.13. The van der Waals surface area contributed by atoms with Crippen LogP contribution in [0.3, 0.4) is 0 Å². The maximum atomic E-state index is 12.7. The van der Waals surface area contributed by atoms with Crippen LogP contribution in [0.1, 0.15) is 46.6 Å². The molecule has 2 aromatic carbocycles. The van der Waals surface area contributed by atoms with Crippen LogP contribution in [0.15, 0.2) is 54.6 Å². The summed E-state index contributed by atoms with van der Waals surface area (Å²) in [5.41, 5.74) is 3.29. The van der Waals surface area contributed by atoms with E-state index in [1.165, 1.54) is 16.7 Å². The van der Waals surface area contributed by atoms with Crippen molar-refractivity contribution in [3.05, 3.63) is 60.2 Å². The van der Waals surface area contributed by atoms with Crippen molar-refractivity contribution in [2.75, 3.05) is 6.61 Å². The molecule has 0 heterocycles. The van der Waals surface area contributed by atoms with Crippen LogP contribution in [0.25, 0.3) is 11.1 Å². The van der Waals surface area contributed by atoms with Crippen molar-refractivity contribution < 1.29 is 14.3 Å². The fourth-order valence-corrected chi connectivity index (χ4v) is 6.54. The van der Waals surface area contributed by atoms with Crippen molar-refractivity contribution in [1.82, 2.24) is 0 Å². The van der Waals surface area contributed by atoms with Gasteiger partial charge in [-0.2, -0.15) is 0 Å². The Morgan fingerprint density at radius 3 is 2.10 bits per heavy atom. The van der Waals surface area contributed by atoms with Gasteiger partial charge in [-0.3, -0.25) is 0 Å². The van der Waals surface area contributed by atoms with Gasteiger partial charge in [0.25, 0.3) is 0 Å². The van der Waals surface area contributed by atoms with Gasteiger partial charge >= 0.3 is 182 Å². The van der Waals surface area contributed by atoms with E-state index in [0.717, 1.165) is 6.42 Å². The summed E-state index contributed by atoms with van der Waals surface area (Å²) in [4.78, 5) is 24.8. The number of rotatable bonds is 9. The van der Waals surface area contributed by atoms with E-state index < -0.39 is 15.8 Å². The molecule has 0 N–H and O–H groups in total. The number of hydrogen-bond donors (Lipinski definition) is 0. The van der Waals surface area contributed by atoms with E-state index in [1.54, 1.807) is 0 Å². The van der Waals surface area contributed by atoms with Gasteiger partial charge in [0, 0.05) is 0 Å². The Kier molecular flexibility index (Phi) is 8.71. The summed E-state index contributed by atoms with van der Waals surface area (Å²) in [6.45, 7) is 10.1. The van der Waals surface area contributed by atoms with Gasteiger partial charge < -0.3 is 0 Å². The van der Waals surface area contributed by atoms with Crippen molar-refractivity contribution in [2.24, 2.45) is 11.3 Å². The van der Waals surface area contributed by atoms with Gasteiger partial charge in [0.05, 0.1) is 0 Å². The molecular weight excluding hydrogens is 423 g/mol. The molecule has 4 heteroatoms. The van der Waals surface area contributed by atoms with Crippen LogP contribution in [0.5, 0.6) is 0 Å². The van der Waals surface area contributed by atoms with Crippen LogP contribution in [-0.2, 0) is 20.7 Å². The minimum atomic E-state index is -0.847. The molecule has 0 spiro atoms. The van der Waals surface area contributed by atoms with Gasteiger partial charge in [-0.1, -0.05) is 0 Å². The molecule has 0 radical (unpaired) electrons. The maximum absolute atomic E-state index is 12.7. The van der Waals surface area contributed by atoms with Crippen LogP contribution in [0, 0.1) is 11.3 Å². The van der Waals surface area contributed by atoms with Crippen LogP contribution < -0.4 is 0 Å². The number of hydrogen-bond acceptors (Lipinski definition) is 3. The van der Waals surface area contributed by atoms with Crippen LogP contribution in [0.2, 0.25) is 4.71 Å². The molecule has 2 rings (SSSR count). The number of carbonyl (C=O) groups excluding carboxylic acids is 2. The molecule has 0 aliphatic heterocycles. The van der Waals surface area contributed by atoms with Crippen molar-refractivity contribution in [3.8, 4) is 11.1 Å². The molecule has 0 fully saturated rings. The summed E-state index contributed by atoms with van der Waals surface area (Å²) in [5.74, 6) is -0.341. The third-order valence-electron chi connectivity index (χ3n) is 4.89. The van der Waals surface area contributed by atoms with Gasteiger partial charge in [0.2, 0.25) is 0 Å². The normalized spacial score (nSPS) is 14.0. The summed E-state index contributed by atoms with van der Waals surface area (Å²) < 4.78 is 5.78. The first kappa shape index (κ1) is 23.4. The molecule has 0 saturated heterocycles. The van der Waals surface area contributed by atoms with E-state index in [-0.39, 0.29) is 22.0 Å². The van der Waals surface area contributed by atoms with Crippen molar-refractivity contribution in [1.29, 1.82) is 0 Å². The van der Waals surface area contributed by atoms with E-state index in [9.17, 15) is 9.59 Å². The second-order valence-electron chi connectivity index (χ2n) is 8.58. The summed E-state index contributed by atoms with van der Waals surface area (Å²) >= 11 is -0.847. The van der Waals surface area contributed by atoms with E-state index in [0.29, 0.717) is 17.6 Å². The van der Waals surface area contributed by atoms with E-state index in [1.807, 2.05) is 52.8 Å². The fourth-order valence-electron chi connectivity index (χ4n) is 3.15. The number of ether oxygens (including phenoxy) is 1. The first-order valence-electron chi connectivity index (χ1n) is 10.3. The van der Waals surface area contributed by atoms with Crippen molar-refractivity contribution >= 4 is 26.3 Å². The second-order valence-corrected chi connectivity index (χ2v) is 11.8. The molecule has 1 unspecified atom stereocenters. The first-order valence-corrected chi connectivity index (χ1v) is 12.6. The van der Waals surface area contributed by atoms with Gasteiger partial charge in [-0.05, 0) is 0 Å². The third-order valence-corrected chi connectivity index (χ3v) is 8.79. The van der Waals surface area contributed by atoms with Gasteiger partial charge in [0.1, 0.15) is 0 Å². The predicted molar refractivity (Wildman–Crippen MR) is 121 cm³/mol. The topological polar surface area (TPSA) is 43.4 Å². The Bertz CT molecular complexity index is 791. The Morgan fingerprint density at radius 2 is 1.55 bits per heavy atom. The van der Waals surface area contributed by atoms with Gasteiger partial charge in [-0.25, -0.2) is 0 Å². The summed E-state index contributed by atoms with van der Waals surface area (Å²) in [7, 11) is 0. The first-order chi connectivity index (χ1) is 13.7. The number of carbonyl (C=O) groups is 2. The Hall–Kier alpha value is -1.86. The van der Waals surface area contributed by atoms with E-state index in [4.69, 9.17) is 4.74 Å². The summed E-state index contributed by atoms with van der Waals surface area (Å²) in [6.07, 6.45) is 1.54. The average Bonchev–Trinajstić information content (AvgIpc) is 2.68. The Labute approximate surface area is 181 Å². The summed E-state index contributed by atoms with van der Waals surface area (Å²) in [5, 5.41) is 0. The van der Waals surface area contributed by atoms with Crippen LogP contribution >= 0.6 is 0 Å². The molecular formula is C25H33AsO3. The molecule has 0 bridgehead atoms. The molecule has 0 amide bonds. The Morgan fingerprint density at radius 1 is 0.966 bits per heavy atom. The SMILES string of the molecule is CCOC(=O)[C@H](C)C[C@@H](Cc1ccc(-c2ccccc2)cc1)[AsH]C(=O)C(C)(C)C. The third kappa shape index (κ3) is 7.47. The molecule has 156 valence electrons. The van der Waals surface area contributed by atoms with E-state index in [2.05, 4.69) is 36.4 Å². The van der Waals surface area contributed by atoms with Crippen LogP contribution in [-0.4, -0.2) is 32.9 Å². The predicted octanol–water partition coefficient (Wildman–Crippen LogP) is 5.28. The molecule has 3 nitrogen and oxygen atoms in total. The molecule has 0 aliphatic rings.